The third kappa shape index (κ3) is 4.54. The topological polar surface area (TPSA) is 101 Å². The third-order valence-corrected chi connectivity index (χ3v) is 8.62. The fraction of sp³-hybridized carbons (Fsp3) is 0.636. The first kappa shape index (κ1) is 21.3. The Labute approximate surface area is 178 Å². The predicted octanol–water partition coefficient (Wildman–Crippen LogP) is 1.25. The molecule has 2 N–H and O–H groups in total. The van der Waals surface area contributed by atoms with Gasteiger partial charge in [0.25, 0.3) is 0 Å². The van der Waals surface area contributed by atoms with Crippen LogP contribution in [0.2, 0.25) is 0 Å². The van der Waals surface area contributed by atoms with Gasteiger partial charge in [-0.2, -0.15) is 0 Å². The van der Waals surface area contributed by atoms with Crippen LogP contribution in [-0.4, -0.2) is 66.2 Å². The van der Waals surface area contributed by atoms with Crippen LogP contribution in [0.3, 0.4) is 0 Å². The van der Waals surface area contributed by atoms with Crippen molar-refractivity contribution in [3.63, 3.8) is 0 Å². The molecule has 1 saturated heterocycles. The predicted molar refractivity (Wildman–Crippen MR) is 114 cm³/mol. The number of amides is 2. The van der Waals surface area contributed by atoms with Crippen LogP contribution in [0.5, 0.6) is 0 Å². The minimum atomic E-state index is -3.09. The molecule has 0 bridgehead atoms. The van der Waals surface area contributed by atoms with Crippen LogP contribution in [0.4, 0.5) is 0 Å². The number of carbonyl (C=O) groups is 2. The van der Waals surface area contributed by atoms with Crippen molar-refractivity contribution >= 4 is 21.7 Å². The van der Waals surface area contributed by atoms with Gasteiger partial charge < -0.3 is 10.6 Å². The molecule has 164 valence electrons. The second kappa shape index (κ2) is 8.67. The highest BCUT2D eigenvalue weighted by Gasteiger charge is 2.40. The lowest BCUT2D eigenvalue weighted by atomic mass is 9.92. The van der Waals surface area contributed by atoms with E-state index in [4.69, 9.17) is 5.73 Å². The van der Waals surface area contributed by atoms with Gasteiger partial charge in [-0.3, -0.25) is 14.5 Å². The van der Waals surface area contributed by atoms with Crippen LogP contribution >= 0.6 is 0 Å². The summed E-state index contributed by atoms with van der Waals surface area (Å²) in [6, 6.07) is 7.24. The molecule has 1 saturated carbocycles. The van der Waals surface area contributed by atoms with Gasteiger partial charge in [-0.05, 0) is 36.8 Å². The number of primary amides is 1. The number of hydrogen-bond donors (Lipinski definition) is 1. The molecular weight excluding hydrogens is 402 g/mol. The molecule has 2 atom stereocenters. The zero-order valence-electron chi connectivity index (χ0n) is 17.3. The zero-order chi connectivity index (χ0) is 21.3. The van der Waals surface area contributed by atoms with Gasteiger partial charge >= 0.3 is 0 Å². The number of hydrogen-bond acceptors (Lipinski definition) is 5. The van der Waals surface area contributed by atoms with Crippen LogP contribution in [0, 0.1) is 0 Å². The molecule has 4 rings (SSSR count). The first-order valence-electron chi connectivity index (χ1n) is 11.0. The van der Waals surface area contributed by atoms with Gasteiger partial charge in [0.15, 0.2) is 9.84 Å². The number of sulfone groups is 1. The van der Waals surface area contributed by atoms with Crippen LogP contribution < -0.4 is 5.73 Å². The van der Waals surface area contributed by atoms with E-state index in [2.05, 4.69) is 0 Å². The Kier molecular flexibility index (Phi) is 6.16. The molecule has 7 nitrogen and oxygen atoms in total. The van der Waals surface area contributed by atoms with Crippen molar-refractivity contribution in [1.29, 1.82) is 0 Å². The largest absolute Gasteiger partial charge is 0.368 e. The summed E-state index contributed by atoms with van der Waals surface area (Å²) in [7, 11) is -3.09. The molecule has 0 spiro atoms. The second-order valence-electron chi connectivity index (χ2n) is 8.95. The van der Waals surface area contributed by atoms with E-state index in [1.807, 2.05) is 34.1 Å². The van der Waals surface area contributed by atoms with E-state index in [0.717, 1.165) is 43.2 Å². The van der Waals surface area contributed by atoms with Crippen LogP contribution in [-0.2, 0) is 32.4 Å². The summed E-state index contributed by atoms with van der Waals surface area (Å²) in [5, 5.41) is 0. The van der Waals surface area contributed by atoms with Gasteiger partial charge in [0, 0.05) is 18.6 Å². The van der Waals surface area contributed by atoms with Gasteiger partial charge in [0.05, 0.1) is 24.1 Å². The highest BCUT2D eigenvalue weighted by molar-refractivity contribution is 7.91. The Morgan fingerprint density at radius 3 is 2.37 bits per heavy atom. The summed E-state index contributed by atoms with van der Waals surface area (Å²) in [6.45, 7) is 0.589. The standard InChI is InChI=1S/C22H31N3O4S/c23-22(27)20-12-16-6-4-5-7-17(16)13-24(20)14-21(26)25(18-8-2-1-3-9-18)19-10-11-30(28,29)15-19/h4-7,18-20H,1-3,8-15H2,(H2,23,27)/t19?,20-/m0/s1. The Morgan fingerprint density at radius 2 is 1.73 bits per heavy atom. The van der Waals surface area contributed by atoms with E-state index in [0.29, 0.717) is 19.4 Å². The number of benzene rings is 1. The molecule has 2 fully saturated rings. The molecule has 2 amide bonds. The smallest absolute Gasteiger partial charge is 0.237 e. The molecule has 1 aromatic rings. The highest BCUT2D eigenvalue weighted by Crippen LogP contribution is 2.30. The van der Waals surface area contributed by atoms with Crippen molar-refractivity contribution in [2.45, 2.75) is 69.6 Å². The molecule has 2 heterocycles. The second-order valence-corrected chi connectivity index (χ2v) is 11.2. The van der Waals surface area contributed by atoms with E-state index in [1.54, 1.807) is 0 Å². The third-order valence-electron chi connectivity index (χ3n) is 6.87. The van der Waals surface area contributed by atoms with Crippen LogP contribution in [0.25, 0.3) is 0 Å². The van der Waals surface area contributed by atoms with E-state index < -0.39 is 21.8 Å². The summed E-state index contributed by atoms with van der Waals surface area (Å²) in [5.41, 5.74) is 7.88. The van der Waals surface area contributed by atoms with Crippen LogP contribution in [0.15, 0.2) is 24.3 Å². The minimum absolute atomic E-state index is 0.0529. The van der Waals surface area contributed by atoms with E-state index in [-0.39, 0.29) is 36.0 Å². The van der Waals surface area contributed by atoms with E-state index in [1.165, 1.54) is 0 Å². The summed E-state index contributed by atoms with van der Waals surface area (Å²) < 4.78 is 24.2. The van der Waals surface area contributed by atoms with Crippen molar-refractivity contribution in [3.05, 3.63) is 35.4 Å². The van der Waals surface area contributed by atoms with Crippen molar-refractivity contribution in [1.82, 2.24) is 9.80 Å². The molecule has 0 radical (unpaired) electrons. The minimum Gasteiger partial charge on any atom is -0.368 e. The van der Waals surface area contributed by atoms with Gasteiger partial charge in [0.2, 0.25) is 11.8 Å². The Bertz CT molecular complexity index is 911. The van der Waals surface area contributed by atoms with Crippen molar-refractivity contribution in [3.8, 4) is 0 Å². The van der Waals surface area contributed by atoms with Gasteiger partial charge in [-0.25, -0.2) is 8.42 Å². The molecule has 1 aromatic carbocycles. The summed E-state index contributed by atoms with van der Waals surface area (Å²) in [4.78, 5) is 29.4. The number of rotatable bonds is 5. The van der Waals surface area contributed by atoms with Gasteiger partial charge in [-0.1, -0.05) is 43.5 Å². The maximum absolute atomic E-state index is 13.5. The average molecular weight is 434 g/mol. The number of fused-ring (bicyclic) bond motifs is 1. The number of nitrogens with zero attached hydrogens (tertiary/aromatic N) is 2. The molecule has 1 unspecified atom stereocenters. The van der Waals surface area contributed by atoms with Crippen LogP contribution in [0.1, 0.15) is 49.7 Å². The summed E-state index contributed by atoms with van der Waals surface area (Å²) >= 11 is 0. The van der Waals surface area contributed by atoms with E-state index in [9.17, 15) is 18.0 Å². The van der Waals surface area contributed by atoms with Crippen molar-refractivity contribution < 1.29 is 18.0 Å². The average Bonchev–Trinajstić information content (AvgIpc) is 3.07. The molecule has 2 aliphatic heterocycles. The van der Waals surface area contributed by atoms with Gasteiger partial charge in [-0.15, -0.1) is 0 Å². The fourth-order valence-electron chi connectivity index (χ4n) is 5.34. The molecule has 0 aromatic heterocycles. The lowest BCUT2D eigenvalue weighted by Gasteiger charge is -2.41. The zero-order valence-corrected chi connectivity index (χ0v) is 18.1. The Morgan fingerprint density at radius 1 is 1.03 bits per heavy atom. The Balaban J connectivity index is 1.55. The molecule has 30 heavy (non-hydrogen) atoms. The molecule has 8 heteroatoms. The quantitative estimate of drug-likeness (QED) is 0.753. The lowest BCUT2D eigenvalue weighted by Crippen LogP contribution is -2.56. The van der Waals surface area contributed by atoms with E-state index >= 15 is 0 Å². The first-order chi connectivity index (χ1) is 14.3. The molecule has 3 aliphatic rings. The van der Waals surface area contributed by atoms with Gasteiger partial charge in [0.1, 0.15) is 0 Å². The summed E-state index contributed by atoms with van der Waals surface area (Å²) in [5.74, 6) is -0.299. The summed E-state index contributed by atoms with van der Waals surface area (Å²) in [6.07, 6.45) is 6.14. The molecule has 1 aliphatic carbocycles. The highest BCUT2D eigenvalue weighted by atomic mass is 32.2. The van der Waals surface area contributed by atoms with Crippen molar-refractivity contribution in [2.75, 3.05) is 18.1 Å². The number of nitrogens with two attached hydrogens (primary N) is 1. The maximum Gasteiger partial charge on any atom is 0.237 e. The number of carbonyl (C=O) groups excluding carboxylic acids is 2. The maximum atomic E-state index is 13.5. The Hall–Kier alpha value is -1.93. The first-order valence-corrected chi connectivity index (χ1v) is 12.8. The fourth-order valence-corrected chi connectivity index (χ4v) is 7.05. The normalized spacial score (nSPS) is 26.8. The monoisotopic (exact) mass is 433 g/mol. The lowest BCUT2D eigenvalue weighted by molar-refractivity contribution is -0.139. The SMILES string of the molecule is NC(=O)[C@@H]1Cc2ccccc2CN1CC(=O)N(C1CCCCC1)C1CCS(=O)(=O)C1. The molecular formula is C22H31N3O4S. The van der Waals surface area contributed by atoms with Crippen molar-refractivity contribution in [2.24, 2.45) is 5.73 Å².